The summed E-state index contributed by atoms with van der Waals surface area (Å²) in [7, 11) is 1.88. The van der Waals surface area contributed by atoms with Gasteiger partial charge in [-0.25, -0.2) is 0 Å². The quantitative estimate of drug-likeness (QED) is 0.924. The summed E-state index contributed by atoms with van der Waals surface area (Å²) in [6.45, 7) is 1.91. The van der Waals surface area contributed by atoms with Crippen LogP contribution in [-0.2, 0) is 11.8 Å². The average molecular weight is 338 g/mol. The molecule has 3 atom stereocenters. The highest BCUT2D eigenvalue weighted by molar-refractivity contribution is 6.42. The first-order valence-corrected chi connectivity index (χ1v) is 7.95. The van der Waals surface area contributed by atoms with Gasteiger partial charge in [0, 0.05) is 19.2 Å². The number of nitrogens with zero attached hydrogens (tertiary/aromatic N) is 2. The van der Waals surface area contributed by atoms with Crippen LogP contribution in [0.5, 0.6) is 0 Å². The van der Waals surface area contributed by atoms with Crippen molar-refractivity contribution in [1.82, 2.24) is 15.1 Å². The minimum Gasteiger partial charge on any atom is -0.349 e. The molecule has 1 aromatic carbocycles. The van der Waals surface area contributed by atoms with E-state index in [9.17, 15) is 4.79 Å². The largest absolute Gasteiger partial charge is 0.349 e. The van der Waals surface area contributed by atoms with Crippen LogP contribution < -0.4 is 5.32 Å². The Morgan fingerprint density at radius 3 is 2.91 bits per heavy atom. The monoisotopic (exact) mass is 337 g/mol. The lowest BCUT2D eigenvalue weighted by Gasteiger charge is -2.16. The molecule has 1 aliphatic carbocycles. The summed E-state index contributed by atoms with van der Waals surface area (Å²) < 4.78 is 1.76. The number of aryl methyl sites for hydroxylation is 1. The van der Waals surface area contributed by atoms with E-state index in [4.69, 9.17) is 23.2 Å². The summed E-state index contributed by atoms with van der Waals surface area (Å²) in [6.07, 6.45) is 4.66. The Balaban J connectivity index is 1.64. The molecule has 0 spiro atoms. The van der Waals surface area contributed by atoms with E-state index in [2.05, 4.69) is 10.4 Å². The molecular formula is C16H17Cl2N3O. The molecule has 116 valence electrons. The molecule has 2 aromatic rings. The number of rotatable bonds is 4. The number of benzene rings is 1. The Kier molecular flexibility index (Phi) is 4.15. The number of halogens is 2. The van der Waals surface area contributed by atoms with Crippen molar-refractivity contribution in [3.63, 3.8) is 0 Å². The molecule has 0 aliphatic heterocycles. The third-order valence-electron chi connectivity index (χ3n) is 4.09. The van der Waals surface area contributed by atoms with E-state index in [-0.39, 0.29) is 23.8 Å². The molecule has 1 aromatic heterocycles. The predicted molar refractivity (Wildman–Crippen MR) is 87.1 cm³/mol. The minimum atomic E-state index is -0.172. The van der Waals surface area contributed by atoms with Gasteiger partial charge in [-0.15, -0.1) is 0 Å². The van der Waals surface area contributed by atoms with Gasteiger partial charge in [-0.1, -0.05) is 35.3 Å². The number of nitrogens with one attached hydrogen (secondary N) is 1. The molecule has 3 rings (SSSR count). The molecule has 1 saturated carbocycles. The van der Waals surface area contributed by atoms with Gasteiger partial charge in [0.1, 0.15) is 0 Å². The van der Waals surface area contributed by atoms with Crippen molar-refractivity contribution >= 4 is 29.1 Å². The van der Waals surface area contributed by atoms with Gasteiger partial charge in [0.05, 0.1) is 22.3 Å². The van der Waals surface area contributed by atoms with Crippen LogP contribution in [0.25, 0.3) is 0 Å². The van der Waals surface area contributed by atoms with E-state index in [1.807, 2.05) is 38.5 Å². The fourth-order valence-electron chi connectivity index (χ4n) is 2.74. The summed E-state index contributed by atoms with van der Waals surface area (Å²) in [5.74, 6) is 0.345. The van der Waals surface area contributed by atoms with Crippen LogP contribution in [0.2, 0.25) is 10.0 Å². The lowest BCUT2D eigenvalue weighted by molar-refractivity contribution is -0.123. The molecule has 1 amide bonds. The number of aromatic nitrogens is 2. The minimum absolute atomic E-state index is 0.0182. The zero-order valence-corrected chi connectivity index (χ0v) is 13.9. The van der Waals surface area contributed by atoms with Gasteiger partial charge < -0.3 is 5.32 Å². The first-order chi connectivity index (χ1) is 10.5. The molecule has 0 unspecified atom stereocenters. The summed E-state index contributed by atoms with van der Waals surface area (Å²) in [5.41, 5.74) is 1.96. The lowest BCUT2D eigenvalue weighted by atomic mass is 10.1. The van der Waals surface area contributed by atoms with Crippen LogP contribution in [0.4, 0.5) is 0 Å². The van der Waals surface area contributed by atoms with Gasteiger partial charge >= 0.3 is 0 Å². The Morgan fingerprint density at radius 1 is 1.45 bits per heavy atom. The predicted octanol–water partition coefficient (Wildman–Crippen LogP) is 3.71. The first kappa shape index (κ1) is 15.4. The molecule has 1 heterocycles. The topological polar surface area (TPSA) is 46.9 Å². The maximum atomic E-state index is 12.4. The van der Waals surface area contributed by atoms with Crippen molar-refractivity contribution in [2.24, 2.45) is 13.0 Å². The van der Waals surface area contributed by atoms with Crippen molar-refractivity contribution in [1.29, 1.82) is 0 Å². The van der Waals surface area contributed by atoms with Crippen molar-refractivity contribution in [2.45, 2.75) is 25.3 Å². The number of amides is 1. The van der Waals surface area contributed by atoms with Crippen molar-refractivity contribution < 1.29 is 4.79 Å². The molecule has 0 bridgehead atoms. The van der Waals surface area contributed by atoms with Crippen molar-refractivity contribution in [2.75, 3.05) is 0 Å². The van der Waals surface area contributed by atoms with E-state index in [0.29, 0.717) is 10.0 Å². The smallest absolute Gasteiger partial charge is 0.224 e. The summed E-state index contributed by atoms with van der Waals surface area (Å²) in [6, 6.07) is 5.28. The number of hydrogen-bond acceptors (Lipinski definition) is 2. The second-order valence-electron chi connectivity index (χ2n) is 5.77. The fraction of sp³-hybridized carbons (Fsp3) is 0.375. The van der Waals surface area contributed by atoms with E-state index >= 15 is 0 Å². The molecule has 1 aliphatic rings. The van der Waals surface area contributed by atoms with Crippen molar-refractivity contribution in [3.8, 4) is 0 Å². The standard InChI is InChI=1S/C16H17Cl2N3O/c1-9(11-4-3-5-14(17)15(11)18)20-16(22)13-6-12(13)10-7-19-21(2)8-10/h3-5,7-9,12-13H,6H2,1-2H3,(H,20,22)/t9-,12-,13-/m0/s1. The Labute approximate surface area is 139 Å². The number of hydrogen-bond donors (Lipinski definition) is 1. The summed E-state index contributed by atoms with van der Waals surface area (Å²) in [5, 5.41) is 8.17. The fourth-order valence-corrected chi connectivity index (χ4v) is 3.21. The SMILES string of the molecule is C[C@H](NC(=O)[C@H]1C[C@H]1c1cnn(C)c1)c1cccc(Cl)c1Cl. The van der Waals surface area contributed by atoms with Crippen LogP contribution >= 0.6 is 23.2 Å². The van der Waals surface area contributed by atoms with E-state index in [1.165, 1.54) is 0 Å². The highest BCUT2D eigenvalue weighted by Gasteiger charge is 2.44. The van der Waals surface area contributed by atoms with Gasteiger partial charge in [0.2, 0.25) is 5.91 Å². The summed E-state index contributed by atoms with van der Waals surface area (Å²) in [4.78, 5) is 12.4. The number of carbonyl (C=O) groups is 1. The maximum Gasteiger partial charge on any atom is 0.224 e. The van der Waals surface area contributed by atoms with Gasteiger partial charge in [0.15, 0.2) is 0 Å². The van der Waals surface area contributed by atoms with Gasteiger partial charge in [0.25, 0.3) is 0 Å². The highest BCUT2D eigenvalue weighted by Crippen LogP contribution is 2.47. The second kappa shape index (κ2) is 5.94. The van der Waals surface area contributed by atoms with Crippen molar-refractivity contribution in [3.05, 3.63) is 51.8 Å². The Morgan fingerprint density at radius 2 is 2.23 bits per heavy atom. The molecule has 6 heteroatoms. The number of carbonyl (C=O) groups excluding carboxylic acids is 1. The lowest BCUT2D eigenvalue weighted by Crippen LogP contribution is -2.28. The van der Waals surface area contributed by atoms with E-state index < -0.39 is 0 Å². The highest BCUT2D eigenvalue weighted by atomic mass is 35.5. The van der Waals surface area contributed by atoms with Gasteiger partial charge in [-0.2, -0.15) is 5.10 Å². The average Bonchev–Trinajstić information content (AvgIpc) is 3.17. The zero-order valence-electron chi connectivity index (χ0n) is 12.4. The molecule has 4 nitrogen and oxygen atoms in total. The second-order valence-corrected chi connectivity index (χ2v) is 6.55. The first-order valence-electron chi connectivity index (χ1n) is 7.20. The maximum absolute atomic E-state index is 12.4. The third kappa shape index (κ3) is 2.99. The van der Waals surface area contributed by atoms with E-state index in [0.717, 1.165) is 17.5 Å². The third-order valence-corrected chi connectivity index (χ3v) is 4.92. The molecule has 0 saturated heterocycles. The van der Waals surface area contributed by atoms with Crippen LogP contribution in [0.3, 0.4) is 0 Å². The van der Waals surface area contributed by atoms with Gasteiger partial charge in [-0.05, 0) is 36.5 Å². The van der Waals surface area contributed by atoms with E-state index in [1.54, 1.807) is 10.7 Å². The van der Waals surface area contributed by atoms with Crippen LogP contribution in [-0.4, -0.2) is 15.7 Å². The molecular weight excluding hydrogens is 321 g/mol. The zero-order chi connectivity index (χ0) is 15.9. The summed E-state index contributed by atoms with van der Waals surface area (Å²) >= 11 is 12.2. The molecule has 1 fully saturated rings. The molecule has 22 heavy (non-hydrogen) atoms. The molecule has 1 N–H and O–H groups in total. The Hall–Kier alpha value is -1.52. The normalized spacial score (nSPS) is 21.5. The van der Waals surface area contributed by atoms with Crippen LogP contribution in [0.1, 0.15) is 36.4 Å². The van der Waals surface area contributed by atoms with Gasteiger partial charge in [-0.3, -0.25) is 9.48 Å². The van der Waals surface area contributed by atoms with Crippen LogP contribution in [0.15, 0.2) is 30.6 Å². The molecule has 0 radical (unpaired) electrons. The van der Waals surface area contributed by atoms with Crippen LogP contribution in [0, 0.1) is 5.92 Å². The Bertz CT molecular complexity index is 713.